The molecule has 1 aromatic carbocycles. The lowest BCUT2D eigenvalue weighted by molar-refractivity contribution is 0.455. The van der Waals surface area contributed by atoms with E-state index in [4.69, 9.17) is 0 Å². The molecule has 0 aromatic heterocycles. The average molecular weight is 334 g/mol. The van der Waals surface area contributed by atoms with Crippen molar-refractivity contribution in [3.05, 3.63) is 34.3 Å². The van der Waals surface area contributed by atoms with E-state index in [0.29, 0.717) is 0 Å². The van der Waals surface area contributed by atoms with Gasteiger partial charge in [-0.3, -0.25) is 0 Å². The quantitative estimate of drug-likeness (QED) is 0.916. The van der Waals surface area contributed by atoms with E-state index in [1.165, 1.54) is 0 Å². The number of hydrogen-bond donors (Lipinski definition) is 1. The first-order chi connectivity index (χ1) is 8.09. The largest absolute Gasteiger partial charge is 0.212 e. The minimum Gasteiger partial charge on any atom is -0.212 e. The summed E-state index contributed by atoms with van der Waals surface area (Å²) in [7, 11) is -3.26. The average Bonchev–Trinajstić information content (AvgIpc) is 2.12. The van der Waals surface area contributed by atoms with Crippen molar-refractivity contribution in [3.8, 4) is 0 Å². The summed E-state index contributed by atoms with van der Waals surface area (Å²) >= 11 is 3.38. The normalized spacial score (nSPS) is 14.5. The van der Waals surface area contributed by atoms with Gasteiger partial charge >= 0.3 is 0 Å². The molecule has 1 rings (SSSR count). The van der Waals surface area contributed by atoms with Gasteiger partial charge in [0.2, 0.25) is 10.0 Å². The molecule has 102 valence electrons. The molecule has 1 unspecified atom stereocenters. The minimum absolute atomic E-state index is 0.123. The van der Waals surface area contributed by atoms with Crippen molar-refractivity contribution < 1.29 is 8.42 Å². The Labute approximate surface area is 118 Å². The topological polar surface area (TPSA) is 46.2 Å². The molecule has 0 aliphatic heterocycles. The Morgan fingerprint density at radius 1 is 1.33 bits per heavy atom. The van der Waals surface area contributed by atoms with Crippen molar-refractivity contribution in [2.45, 2.75) is 33.7 Å². The number of hydrogen-bond acceptors (Lipinski definition) is 2. The molecule has 3 nitrogen and oxygen atoms in total. The van der Waals surface area contributed by atoms with Crippen LogP contribution in [0.4, 0.5) is 0 Å². The number of benzene rings is 1. The molecule has 0 saturated carbocycles. The van der Waals surface area contributed by atoms with Gasteiger partial charge in [-0.2, -0.15) is 0 Å². The second kappa shape index (κ2) is 5.72. The molecular weight excluding hydrogens is 314 g/mol. The highest BCUT2D eigenvalue weighted by Crippen LogP contribution is 2.21. The molecule has 0 spiro atoms. The minimum atomic E-state index is -3.26. The Hall–Kier alpha value is -0.390. The highest BCUT2D eigenvalue weighted by atomic mass is 79.9. The molecule has 0 saturated heterocycles. The van der Waals surface area contributed by atoms with Crippen LogP contribution in [-0.2, 0) is 10.0 Å². The van der Waals surface area contributed by atoms with Gasteiger partial charge in [0.15, 0.2) is 0 Å². The van der Waals surface area contributed by atoms with E-state index in [9.17, 15) is 8.42 Å². The maximum Gasteiger partial charge on any atom is 0.212 e. The van der Waals surface area contributed by atoms with E-state index >= 15 is 0 Å². The Morgan fingerprint density at radius 3 is 2.44 bits per heavy atom. The zero-order chi connectivity index (χ0) is 14.0. The first kappa shape index (κ1) is 15.7. The second-order valence-corrected chi connectivity index (χ2v) is 8.38. The van der Waals surface area contributed by atoms with E-state index in [-0.39, 0.29) is 17.2 Å². The van der Waals surface area contributed by atoms with Gasteiger partial charge in [-0.15, -0.1) is 0 Å². The molecule has 0 aliphatic carbocycles. The Morgan fingerprint density at radius 2 is 1.94 bits per heavy atom. The SMILES string of the molecule is CC(NS(=O)(=O)CC(C)(C)C)c1cccc(Br)c1. The molecule has 0 radical (unpaired) electrons. The Kier molecular flexibility index (Phi) is 4.98. The molecule has 18 heavy (non-hydrogen) atoms. The van der Waals surface area contributed by atoms with Gasteiger partial charge in [0, 0.05) is 10.5 Å². The summed E-state index contributed by atoms with van der Waals surface area (Å²) in [6, 6.07) is 7.42. The van der Waals surface area contributed by atoms with Crippen molar-refractivity contribution in [1.29, 1.82) is 0 Å². The lowest BCUT2D eigenvalue weighted by Gasteiger charge is -2.21. The maximum absolute atomic E-state index is 12.0. The van der Waals surface area contributed by atoms with Crippen LogP contribution in [0, 0.1) is 5.41 Å². The fourth-order valence-corrected chi connectivity index (χ4v) is 4.04. The van der Waals surface area contributed by atoms with Crippen molar-refractivity contribution in [1.82, 2.24) is 4.72 Å². The summed E-state index contributed by atoms with van der Waals surface area (Å²) in [6.07, 6.45) is 0. The summed E-state index contributed by atoms with van der Waals surface area (Å²) in [5.74, 6) is 0.123. The monoisotopic (exact) mass is 333 g/mol. The van der Waals surface area contributed by atoms with E-state index in [2.05, 4.69) is 20.7 Å². The van der Waals surface area contributed by atoms with Gasteiger partial charge in [0.25, 0.3) is 0 Å². The van der Waals surface area contributed by atoms with Crippen LogP contribution < -0.4 is 4.72 Å². The molecule has 0 amide bonds. The van der Waals surface area contributed by atoms with Gasteiger partial charge in [-0.05, 0) is 30.0 Å². The molecule has 0 bridgehead atoms. The van der Waals surface area contributed by atoms with Crippen molar-refractivity contribution in [2.75, 3.05) is 5.75 Å². The third-order valence-corrected chi connectivity index (χ3v) is 4.78. The van der Waals surface area contributed by atoms with E-state index < -0.39 is 10.0 Å². The molecule has 1 atom stereocenters. The zero-order valence-corrected chi connectivity index (χ0v) is 13.6. The number of halogens is 1. The highest BCUT2D eigenvalue weighted by Gasteiger charge is 2.23. The molecule has 1 N–H and O–H groups in total. The molecule has 0 aliphatic rings. The van der Waals surface area contributed by atoms with Crippen LogP contribution in [0.1, 0.15) is 39.3 Å². The number of rotatable bonds is 4. The van der Waals surface area contributed by atoms with E-state index in [1.54, 1.807) is 0 Å². The van der Waals surface area contributed by atoms with Gasteiger partial charge in [0.05, 0.1) is 5.75 Å². The van der Waals surface area contributed by atoms with Crippen LogP contribution in [0.3, 0.4) is 0 Å². The first-order valence-electron chi connectivity index (χ1n) is 5.84. The van der Waals surface area contributed by atoms with Crippen LogP contribution >= 0.6 is 15.9 Å². The summed E-state index contributed by atoms with van der Waals surface area (Å²) < 4.78 is 27.6. The molecule has 0 fully saturated rings. The smallest absolute Gasteiger partial charge is 0.212 e. The van der Waals surface area contributed by atoms with Crippen LogP contribution in [0.5, 0.6) is 0 Å². The van der Waals surface area contributed by atoms with Crippen molar-refractivity contribution in [3.63, 3.8) is 0 Å². The lowest BCUT2D eigenvalue weighted by atomic mass is 10.0. The van der Waals surface area contributed by atoms with Crippen molar-refractivity contribution >= 4 is 26.0 Å². The molecule has 5 heteroatoms. The van der Waals surface area contributed by atoms with E-state index in [1.807, 2.05) is 52.0 Å². The standard InChI is InChI=1S/C13H20BrNO2S/c1-10(11-6-5-7-12(14)8-11)15-18(16,17)9-13(2,3)4/h5-8,10,15H,9H2,1-4H3. The van der Waals surface area contributed by atoms with Gasteiger partial charge < -0.3 is 0 Å². The lowest BCUT2D eigenvalue weighted by Crippen LogP contribution is -2.34. The zero-order valence-electron chi connectivity index (χ0n) is 11.2. The highest BCUT2D eigenvalue weighted by molar-refractivity contribution is 9.10. The van der Waals surface area contributed by atoms with Crippen LogP contribution in [-0.4, -0.2) is 14.2 Å². The van der Waals surface area contributed by atoms with Crippen LogP contribution in [0.2, 0.25) is 0 Å². The van der Waals surface area contributed by atoms with Gasteiger partial charge in [-0.25, -0.2) is 13.1 Å². The Bertz CT molecular complexity index is 506. The predicted octanol–water partition coefficient (Wildman–Crippen LogP) is 3.48. The molecular formula is C13H20BrNO2S. The van der Waals surface area contributed by atoms with Gasteiger partial charge in [-0.1, -0.05) is 48.8 Å². The fourth-order valence-electron chi connectivity index (χ4n) is 1.73. The summed E-state index contributed by atoms with van der Waals surface area (Å²) in [4.78, 5) is 0. The maximum atomic E-state index is 12.0. The van der Waals surface area contributed by atoms with Gasteiger partial charge in [0.1, 0.15) is 0 Å². The molecule has 0 heterocycles. The number of sulfonamides is 1. The third-order valence-electron chi connectivity index (χ3n) is 2.33. The Balaban J connectivity index is 2.79. The molecule has 1 aromatic rings. The first-order valence-corrected chi connectivity index (χ1v) is 8.29. The second-order valence-electron chi connectivity index (χ2n) is 5.71. The third kappa shape index (κ3) is 5.50. The summed E-state index contributed by atoms with van der Waals surface area (Å²) in [5.41, 5.74) is 0.699. The predicted molar refractivity (Wildman–Crippen MR) is 78.9 cm³/mol. The fraction of sp³-hybridized carbons (Fsp3) is 0.538. The summed E-state index contributed by atoms with van der Waals surface area (Å²) in [5, 5.41) is 0. The van der Waals surface area contributed by atoms with Crippen LogP contribution in [0.25, 0.3) is 0 Å². The van der Waals surface area contributed by atoms with E-state index in [0.717, 1.165) is 10.0 Å². The van der Waals surface area contributed by atoms with Crippen LogP contribution in [0.15, 0.2) is 28.7 Å². The van der Waals surface area contributed by atoms with Crippen molar-refractivity contribution in [2.24, 2.45) is 5.41 Å². The number of nitrogens with one attached hydrogen (secondary N) is 1. The summed E-state index contributed by atoms with van der Waals surface area (Å²) in [6.45, 7) is 7.59.